The maximum Gasteiger partial charge on any atom is 0.271 e. The van der Waals surface area contributed by atoms with Crippen LogP contribution in [0.4, 0.5) is 0 Å². The molecule has 1 aliphatic rings. The van der Waals surface area contributed by atoms with Crippen molar-refractivity contribution >= 4 is 5.91 Å². The number of amides is 1. The van der Waals surface area contributed by atoms with Gasteiger partial charge in [0.25, 0.3) is 5.91 Å². The number of hydrogen-bond donors (Lipinski definition) is 2. The SMILES string of the molecule is COc1ccc(-n2ccc(C(=O)NCC3CNC3)n2)cc1. The minimum absolute atomic E-state index is 0.130. The van der Waals surface area contributed by atoms with E-state index in [1.807, 2.05) is 24.3 Å². The molecule has 0 bridgehead atoms. The van der Waals surface area contributed by atoms with E-state index in [-0.39, 0.29) is 5.91 Å². The first-order valence-corrected chi connectivity index (χ1v) is 6.95. The summed E-state index contributed by atoms with van der Waals surface area (Å²) in [5.41, 5.74) is 1.32. The second kappa shape index (κ2) is 5.97. The molecule has 6 heteroatoms. The van der Waals surface area contributed by atoms with Crippen molar-refractivity contribution in [1.82, 2.24) is 20.4 Å². The molecule has 1 aliphatic heterocycles. The zero-order valence-corrected chi connectivity index (χ0v) is 11.9. The third-order valence-electron chi connectivity index (χ3n) is 3.58. The summed E-state index contributed by atoms with van der Waals surface area (Å²) in [6.07, 6.45) is 1.78. The van der Waals surface area contributed by atoms with Gasteiger partial charge in [0, 0.05) is 31.7 Å². The molecular formula is C15H18N4O2. The molecular weight excluding hydrogens is 268 g/mol. The van der Waals surface area contributed by atoms with Crippen molar-refractivity contribution in [1.29, 1.82) is 0 Å². The Morgan fingerprint density at radius 3 is 2.76 bits per heavy atom. The van der Waals surface area contributed by atoms with Crippen LogP contribution in [0.25, 0.3) is 5.69 Å². The summed E-state index contributed by atoms with van der Waals surface area (Å²) in [5.74, 6) is 1.20. The van der Waals surface area contributed by atoms with Crippen molar-refractivity contribution in [2.45, 2.75) is 0 Å². The van der Waals surface area contributed by atoms with Gasteiger partial charge in [-0.25, -0.2) is 4.68 Å². The van der Waals surface area contributed by atoms with Gasteiger partial charge in [-0.1, -0.05) is 0 Å². The van der Waals surface area contributed by atoms with Gasteiger partial charge in [0.2, 0.25) is 0 Å². The lowest BCUT2D eigenvalue weighted by Crippen LogP contribution is -2.48. The molecule has 3 rings (SSSR count). The van der Waals surface area contributed by atoms with Gasteiger partial charge in [0.1, 0.15) is 5.75 Å². The fraction of sp³-hybridized carbons (Fsp3) is 0.333. The lowest BCUT2D eigenvalue weighted by Gasteiger charge is -2.26. The molecule has 2 aromatic rings. The van der Waals surface area contributed by atoms with E-state index >= 15 is 0 Å². The number of nitrogens with zero attached hydrogens (tertiary/aromatic N) is 2. The van der Waals surface area contributed by atoms with E-state index in [1.54, 1.807) is 24.1 Å². The van der Waals surface area contributed by atoms with Crippen LogP contribution in [-0.4, -0.2) is 42.4 Å². The smallest absolute Gasteiger partial charge is 0.271 e. The molecule has 110 valence electrons. The standard InChI is InChI=1S/C15H18N4O2/c1-21-13-4-2-12(3-5-13)19-7-6-14(18-19)15(20)17-10-11-8-16-9-11/h2-7,11,16H,8-10H2,1H3,(H,17,20). The van der Waals surface area contributed by atoms with Crippen molar-refractivity contribution in [2.24, 2.45) is 5.92 Å². The molecule has 0 atom stereocenters. The topological polar surface area (TPSA) is 68.2 Å². The van der Waals surface area contributed by atoms with Crippen molar-refractivity contribution in [3.05, 3.63) is 42.2 Å². The Bertz CT molecular complexity index is 617. The highest BCUT2D eigenvalue weighted by Crippen LogP contribution is 2.14. The van der Waals surface area contributed by atoms with E-state index in [2.05, 4.69) is 15.7 Å². The minimum atomic E-state index is -0.130. The Balaban J connectivity index is 1.65. The second-order valence-corrected chi connectivity index (χ2v) is 5.08. The molecule has 1 aromatic carbocycles. The second-order valence-electron chi connectivity index (χ2n) is 5.08. The van der Waals surface area contributed by atoms with Crippen LogP contribution in [0.5, 0.6) is 5.75 Å². The largest absolute Gasteiger partial charge is 0.497 e. The molecule has 1 saturated heterocycles. The van der Waals surface area contributed by atoms with Crippen molar-refractivity contribution < 1.29 is 9.53 Å². The number of aromatic nitrogens is 2. The van der Waals surface area contributed by atoms with E-state index < -0.39 is 0 Å². The summed E-state index contributed by atoms with van der Waals surface area (Å²) in [7, 11) is 1.63. The number of carbonyl (C=O) groups is 1. The summed E-state index contributed by atoms with van der Waals surface area (Å²) < 4.78 is 6.80. The Morgan fingerprint density at radius 1 is 1.38 bits per heavy atom. The molecule has 21 heavy (non-hydrogen) atoms. The molecule has 6 nitrogen and oxygen atoms in total. The Labute approximate surface area is 123 Å². The molecule has 2 N–H and O–H groups in total. The number of methoxy groups -OCH3 is 1. The van der Waals surface area contributed by atoms with E-state index in [0.29, 0.717) is 18.2 Å². The van der Waals surface area contributed by atoms with Crippen LogP contribution in [0.1, 0.15) is 10.5 Å². The quantitative estimate of drug-likeness (QED) is 0.854. The number of ether oxygens (including phenoxy) is 1. The first-order valence-electron chi connectivity index (χ1n) is 6.95. The van der Waals surface area contributed by atoms with Crippen LogP contribution >= 0.6 is 0 Å². The van der Waals surface area contributed by atoms with Gasteiger partial charge in [-0.3, -0.25) is 4.79 Å². The normalized spacial score (nSPS) is 14.5. The van der Waals surface area contributed by atoms with E-state index in [0.717, 1.165) is 24.5 Å². The molecule has 1 amide bonds. The molecule has 1 fully saturated rings. The predicted octanol–water partition coefficient (Wildman–Crippen LogP) is 0.830. The zero-order valence-electron chi connectivity index (χ0n) is 11.9. The lowest BCUT2D eigenvalue weighted by molar-refractivity contribution is 0.0937. The van der Waals surface area contributed by atoms with Crippen LogP contribution in [-0.2, 0) is 0 Å². The summed E-state index contributed by atoms with van der Waals surface area (Å²) in [6, 6.07) is 9.24. The molecule has 0 saturated carbocycles. The van der Waals surface area contributed by atoms with Gasteiger partial charge in [-0.2, -0.15) is 5.10 Å². The van der Waals surface area contributed by atoms with Crippen LogP contribution in [0.15, 0.2) is 36.5 Å². The minimum Gasteiger partial charge on any atom is -0.497 e. The summed E-state index contributed by atoms with van der Waals surface area (Å²) in [4.78, 5) is 12.0. The van der Waals surface area contributed by atoms with Gasteiger partial charge >= 0.3 is 0 Å². The number of hydrogen-bond acceptors (Lipinski definition) is 4. The average Bonchev–Trinajstić information content (AvgIpc) is 2.95. The molecule has 0 aliphatic carbocycles. The first-order chi connectivity index (χ1) is 10.3. The number of benzene rings is 1. The average molecular weight is 286 g/mol. The summed E-state index contributed by atoms with van der Waals surface area (Å²) in [6.45, 7) is 2.64. The van der Waals surface area contributed by atoms with E-state index in [9.17, 15) is 4.79 Å². The van der Waals surface area contributed by atoms with Crippen LogP contribution in [0.2, 0.25) is 0 Å². The third kappa shape index (κ3) is 3.05. The highest BCUT2D eigenvalue weighted by atomic mass is 16.5. The fourth-order valence-electron chi connectivity index (χ4n) is 2.14. The van der Waals surface area contributed by atoms with Gasteiger partial charge < -0.3 is 15.4 Å². The zero-order chi connectivity index (χ0) is 14.7. The molecule has 1 aromatic heterocycles. The lowest BCUT2D eigenvalue weighted by atomic mass is 10.0. The number of carbonyl (C=O) groups excluding carboxylic acids is 1. The Hall–Kier alpha value is -2.34. The third-order valence-corrected chi connectivity index (χ3v) is 3.58. The Morgan fingerprint density at radius 2 is 2.14 bits per heavy atom. The maximum atomic E-state index is 12.0. The summed E-state index contributed by atoms with van der Waals surface area (Å²) in [5, 5.41) is 10.4. The first kappa shape index (κ1) is 13.6. The Kier molecular flexibility index (Phi) is 3.87. The van der Waals surface area contributed by atoms with Crippen molar-refractivity contribution in [3.8, 4) is 11.4 Å². The number of nitrogens with one attached hydrogen (secondary N) is 2. The van der Waals surface area contributed by atoms with Crippen LogP contribution in [0, 0.1) is 5.92 Å². The predicted molar refractivity (Wildman–Crippen MR) is 78.8 cm³/mol. The van der Waals surface area contributed by atoms with Gasteiger partial charge in [0.15, 0.2) is 5.69 Å². The molecule has 2 heterocycles. The van der Waals surface area contributed by atoms with Gasteiger partial charge in [-0.05, 0) is 30.3 Å². The molecule has 0 unspecified atom stereocenters. The highest BCUT2D eigenvalue weighted by Gasteiger charge is 2.18. The van der Waals surface area contributed by atoms with E-state index in [4.69, 9.17) is 4.74 Å². The van der Waals surface area contributed by atoms with Gasteiger partial charge in [-0.15, -0.1) is 0 Å². The monoisotopic (exact) mass is 286 g/mol. The van der Waals surface area contributed by atoms with Crippen molar-refractivity contribution in [2.75, 3.05) is 26.7 Å². The fourth-order valence-corrected chi connectivity index (χ4v) is 2.14. The van der Waals surface area contributed by atoms with Crippen molar-refractivity contribution in [3.63, 3.8) is 0 Å². The molecule has 0 spiro atoms. The summed E-state index contributed by atoms with van der Waals surface area (Å²) >= 11 is 0. The number of rotatable bonds is 5. The van der Waals surface area contributed by atoms with Crippen LogP contribution < -0.4 is 15.4 Å². The maximum absolute atomic E-state index is 12.0. The van der Waals surface area contributed by atoms with Crippen LogP contribution in [0.3, 0.4) is 0 Å². The van der Waals surface area contributed by atoms with Gasteiger partial charge in [0.05, 0.1) is 12.8 Å². The highest BCUT2D eigenvalue weighted by molar-refractivity contribution is 5.92. The van der Waals surface area contributed by atoms with E-state index in [1.165, 1.54) is 0 Å². The molecule has 0 radical (unpaired) electrons.